The third kappa shape index (κ3) is 19.0. The summed E-state index contributed by atoms with van der Waals surface area (Å²) in [6.07, 6.45) is 3.88. The average molecular weight is 129 g/mol. The number of carbonyl (C=O) groups is 1. The van der Waals surface area contributed by atoms with Crippen molar-refractivity contribution in [2.24, 2.45) is 0 Å². The highest BCUT2D eigenvalue weighted by Crippen LogP contribution is 1.71. The monoisotopic (exact) mass is 129 g/mol. The van der Waals surface area contributed by atoms with Gasteiger partial charge in [-0.15, -0.1) is 0 Å². The van der Waals surface area contributed by atoms with Crippen molar-refractivity contribution in [2.75, 3.05) is 14.1 Å². The number of rotatable bonds is 2. The highest BCUT2D eigenvalue weighted by Gasteiger charge is 1.69. The van der Waals surface area contributed by atoms with E-state index in [2.05, 4.69) is 0 Å². The maximum absolute atomic E-state index is 9.60. The van der Waals surface area contributed by atoms with Crippen molar-refractivity contribution < 1.29 is 4.79 Å². The van der Waals surface area contributed by atoms with Gasteiger partial charge in [-0.3, -0.25) is 4.79 Å². The van der Waals surface area contributed by atoms with Crippen LogP contribution in [0.1, 0.15) is 13.8 Å². The van der Waals surface area contributed by atoms with Crippen LogP contribution in [-0.2, 0) is 4.79 Å². The van der Waals surface area contributed by atoms with Crippen molar-refractivity contribution in [1.29, 1.82) is 0 Å². The van der Waals surface area contributed by atoms with Crippen LogP contribution in [0.2, 0.25) is 0 Å². The Bertz CT molecular complexity index is 77.0. The molecule has 9 heavy (non-hydrogen) atoms. The molecule has 0 N–H and O–H groups in total. The molecule has 0 rings (SSSR count). The molecule has 0 aromatic rings. The fourth-order valence-corrected chi connectivity index (χ4v) is 0.207. The van der Waals surface area contributed by atoms with Gasteiger partial charge < -0.3 is 4.90 Å². The zero-order chi connectivity index (χ0) is 7.70. The molecule has 0 aromatic heterocycles. The molecular weight excluding hydrogens is 114 g/mol. The van der Waals surface area contributed by atoms with E-state index < -0.39 is 0 Å². The Balaban J connectivity index is 0. The lowest BCUT2D eigenvalue weighted by atomic mass is 10.6. The predicted octanol–water partition coefficient (Wildman–Crippen LogP) is 1.29. The number of allylic oxidation sites excluding steroid dienone is 1. The van der Waals surface area contributed by atoms with Crippen molar-refractivity contribution >= 4 is 6.29 Å². The van der Waals surface area contributed by atoms with Gasteiger partial charge in [0.05, 0.1) is 0 Å². The molecule has 0 spiro atoms. The summed E-state index contributed by atoms with van der Waals surface area (Å²) in [6, 6.07) is 0. The summed E-state index contributed by atoms with van der Waals surface area (Å²) in [4.78, 5) is 11.4. The molecule has 0 aliphatic heterocycles. The summed E-state index contributed by atoms with van der Waals surface area (Å²) in [6.45, 7) is 4.00. The zero-order valence-electron chi connectivity index (χ0n) is 6.59. The fourth-order valence-electron chi connectivity index (χ4n) is 0.207. The summed E-state index contributed by atoms with van der Waals surface area (Å²) < 4.78 is 0. The standard InChI is InChI=1S/C5H9NO.C2H6/c1-6(2)4-3-5-7;1-2/h3-5H,1-2H3;1-2H3/b4-3+;. The van der Waals surface area contributed by atoms with Gasteiger partial charge in [0.15, 0.2) is 0 Å². The van der Waals surface area contributed by atoms with Crippen molar-refractivity contribution in [3.8, 4) is 0 Å². The predicted molar refractivity (Wildman–Crippen MR) is 40.2 cm³/mol. The summed E-state index contributed by atoms with van der Waals surface area (Å²) in [5.41, 5.74) is 0. The third-order valence-electron chi connectivity index (χ3n) is 0.463. The average Bonchev–Trinajstić information content (AvgIpc) is 1.88. The number of nitrogens with zero attached hydrogens (tertiary/aromatic N) is 1. The highest BCUT2D eigenvalue weighted by atomic mass is 16.1. The van der Waals surface area contributed by atoms with E-state index in [0.717, 1.165) is 6.29 Å². The van der Waals surface area contributed by atoms with Crippen LogP contribution in [-0.4, -0.2) is 25.3 Å². The van der Waals surface area contributed by atoms with Crippen LogP contribution in [0.25, 0.3) is 0 Å². The molecule has 0 aliphatic carbocycles. The van der Waals surface area contributed by atoms with Crippen LogP contribution in [0.5, 0.6) is 0 Å². The molecule has 0 aliphatic rings. The Morgan fingerprint density at radius 3 is 1.78 bits per heavy atom. The molecule has 0 saturated heterocycles. The van der Waals surface area contributed by atoms with E-state index in [1.54, 1.807) is 11.1 Å². The molecule has 0 heterocycles. The molecule has 0 bridgehead atoms. The lowest BCUT2D eigenvalue weighted by Gasteiger charge is -1.99. The Hall–Kier alpha value is -0.790. The maximum atomic E-state index is 9.60. The van der Waals surface area contributed by atoms with E-state index in [-0.39, 0.29) is 0 Å². The van der Waals surface area contributed by atoms with E-state index in [1.165, 1.54) is 6.08 Å². The van der Waals surface area contributed by atoms with Crippen LogP contribution in [0.3, 0.4) is 0 Å². The van der Waals surface area contributed by atoms with Crippen molar-refractivity contribution in [1.82, 2.24) is 4.90 Å². The Kier molecular flexibility index (Phi) is 12.6. The van der Waals surface area contributed by atoms with Crippen LogP contribution in [0.15, 0.2) is 12.3 Å². The first kappa shape index (κ1) is 11.1. The number of aldehydes is 1. The minimum atomic E-state index is 0.750. The van der Waals surface area contributed by atoms with Crippen molar-refractivity contribution in [3.05, 3.63) is 12.3 Å². The topological polar surface area (TPSA) is 20.3 Å². The molecular formula is C7H15NO. The van der Waals surface area contributed by atoms with Gasteiger partial charge >= 0.3 is 0 Å². The minimum Gasteiger partial charge on any atom is -0.383 e. The Morgan fingerprint density at radius 2 is 1.67 bits per heavy atom. The van der Waals surface area contributed by atoms with Gasteiger partial charge in [0.1, 0.15) is 6.29 Å². The SMILES string of the molecule is CC.CN(C)/C=C/C=O. The van der Waals surface area contributed by atoms with Crippen LogP contribution in [0.4, 0.5) is 0 Å². The van der Waals surface area contributed by atoms with Gasteiger partial charge in [-0.05, 0) is 6.08 Å². The van der Waals surface area contributed by atoms with E-state index in [0.29, 0.717) is 0 Å². The van der Waals surface area contributed by atoms with Crippen LogP contribution >= 0.6 is 0 Å². The molecule has 0 atom stereocenters. The highest BCUT2D eigenvalue weighted by molar-refractivity contribution is 5.64. The second-order valence-corrected chi connectivity index (χ2v) is 1.44. The third-order valence-corrected chi connectivity index (χ3v) is 0.463. The first-order valence-electron chi connectivity index (χ1n) is 3.05. The molecule has 0 aromatic carbocycles. The fraction of sp³-hybridized carbons (Fsp3) is 0.571. The van der Waals surface area contributed by atoms with Gasteiger partial charge in [0, 0.05) is 20.3 Å². The number of hydrogen-bond donors (Lipinski definition) is 0. The van der Waals surface area contributed by atoms with Crippen LogP contribution < -0.4 is 0 Å². The molecule has 0 unspecified atom stereocenters. The smallest absolute Gasteiger partial charge is 0.144 e. The van der Waals surface area contributed by atoms with Gasteiger partial charge in [0.2, 0.25) is 0 Å². The first-order chi connectivity index (χ1) is 4.27. The Labute approximate surface area is 57.2 Å². The lowest BCUT2D eigenvalue weighted by Crippen LogP contribution is -1.99. The molecule has 54 valence electrons. The molecule has 2 heteroatoms. The van der Waals surface area contributed by atoms with Gasteiger partial charge in [-0.1, -0.05) is 13.8 Å². The summed E-state index contributed by atoms with van der Waals surface area (Å²) in [5, 5.41) is 0. The molecule has 0 saturated carbocycles. The zero-order valence-corrected chi connectivity index (χ0v) is 6.59. The molecule has 0 radical (unpaired) electrons. The molecule has 0 amide bonds. The number of carbonyl (C=O) groups excluding carboxylic acids is 1. The molecule has 2 nitrogen and oxygen atoms in total. The second kappa shape index (κ2) is 10.2. The normalized spacial score (nSPS) is 8.00. The summed E-state index contributed by atoms with van der Waals surface area (Å²) in [5.74, 6) is 0. The van der Waals surface area contributed by atoms with Crippen molar-refractivity contribution in [3.63, 3.8) is 0 Å². The van der Waals surface area contributed by atoms with E-state index in [4.69, 9.17) is 0 Å². The van der Waals surface area contributed by atoms with E-state index >= 15 is 0 Å². The quantitative estimate of drug-likeness (QED) is 0.413. The summed E-state index contributed by atoms with van der Waals surface area (Å²) in [7, 11) is 3.72. The van der Waals surface area contributed by atoms with Gasteiger partial charge in [-0.25, -0.2) is 0 Å². The lowest BCUT2D eigenvalue weighted by molar-refractivity contribution is -0.104. The van der Waals surface area contributed by atoms with E-state index in [1.807, 2.05) is 27.9 Å². The Morgan fingerprint density at radius 1 is 1.22 bits per heavy atom. The largest absolute Gasteiger partial charge is 0.383 e. The van der Waals surface area contributed by atoms with Gasteiger partial charge in [0.25, 0.3) is 0 Å². The maximum Gasteiger partial charge on any atom is 0.144 e. The van der Waals surface area contributed by atoms with Gasteiger partial charge in [-0.2, -0.15) is 0 Å². The van der Waals surface area contributed by atoms with Crippen molar-refractivity contribution in [2.45, 2.75) is 13.8 Å². The second-order valence-electron chi connectivity index (χ2n) is 1.44. The minimum absolute atomic E-state index is 0.750. The molecule has 0 fully saturated rings. The van der Waals surface area contributed by atoms with E-state index in [9.17, 15) is 4.79 Å². The number of hydrogen-bond acceptors (Lipinski definition) is 2. The first-order valence-corrected chi connectivity index (χ1v) is 3.05. The van der Waals surface area contributed by atoms with Crippen LogP contribution in [0, 0.1) is 0 Å². The summed E-state index contributed by atoms with van der Waals surface area (Å²) >= 11 is 0.